The van der Waals surface area contributed by atoms with Gasteiger partial charge in [-0.05, 0) is 37.2 Å². The number of benzene rings is 1. The van der Waals surface area contributed by atoms with Crippen molar-refractivity contribution in [3.63, 3.8) is 0 Å². The fraction of sp³-hybridized carbons (Fsp3) is 0.579. The third kappa shape index (κ3) is 1.87. The van der Waals surface area contributed by atoms with Crippen LogP contribution in [0.2, 0.25) is 0 Å². The van der Waals surface area contributed by atoms with Crippen LogP contribution in [0.5, 0.6) is 0 Å². The zero-order valence-electron chi connectivity index (χ0n) is 14.2. The summed E-state index contributed by atoms with van der Waals surface area (Å²) in [6.07, 6.45) is 2.82. The minimum atomic E-state index is -0.680. The summed E-state index contributed by atoms with van der Waals surface area (Å²) in [5.41, 5.74) is 0.308. The Labute approximate surface area is 142 Å². The number of rotatable bonds is 3. The summed E-state index contributed by atoms with van der Waals surface area (Å²) in [7, 11) is 0. The monoisotopic (exact) mass is 328 g/mol. The molecule has 0 radical (unpaired) electrons. The third-order valence-corrected chi connectivity index (χ3v) is 6.14. The molecule has 3 fully saturated rings. The van der Waals surface area contributed by atoms with E-state index in [1.165, 1.54) is 0 Å². The summed E-state index contributed by atoms with van der Waals surface area (Å²) in [6, 6.07) is 9.37. The molecule has 1 aliphatic carbocycles. The largest absolute Gasteiger partial charge is 0.465 e. The van der Waals surface area contributed by atoms with Gasteiger partial charge in [0.25, 0.3) is 0 Å². The van der Waals surface area contributed by atoms with Crippen LogP contribution in [0.15, 0.2) is 30.3 Å². The molecule has 24 heavy (non-hydrogen) atoms. The number of hydrogen-bond donors (Lipinski definition) is 1. The van der Waals surface area contributed by atoms with Crippen molar-refractivity contribution in [3.05, 3.63) is 35.9 Å². The van der Waals surface area contributed by atoms with Gasteiger partial charge in [0.1, 0.15) is 5.41 Å². The van der Waals surface area contributed by atoms with Crippen molar-refractivity contribution >= 4 is 12.0 Å². The van der Waals surface area contributed by atoms with E-state index in [1.54, 1.807) is 0 Å². The molecule has 5 nitrogen and oxygen atoms in total. The van der Waals surface area contributed by atoms with Crippen LogP contribution in [0.4, 0.5) is 4.79 Å². The van der Waals surface area contributed by atoms with Crippen molar-refractivity contribution in [1.29, 1.82) is 0 Å². The molecule has 5 heteroatoms. The van der Waals surface area contributed by atoms with E-state index < -0.39 is 5.41 Å². The maximum Gasteiger partial charge on any atom is 0.318 e. The SMILES string of the molecule is CCOC(=O)[C@]12C[C@]3(C)CCCN(C(=O)N[C@@H]1c1ccccc1)[C@@H]32. The van der Waals surface area contributed by atoms with Crippen LogP contribution in [0.25, 0.3) is 0 Å². The van der Waals surface area contributed by atoms with Crippen molar-refractivity contribution in [2.45, 2.75) is 45.2 Å². The molecule has 1 saturated carbocycles. The summed E-state index contributed by atoms with van der Waals surface area (Å²) in [5, 5.41) is 3.10. The second-order valence-electron chi connectivity index (χ2n) is 7.58. The van der Waals surface area contributed by atoms with E-state index in [0.717, 1.165) is 31.4 Å². The van der Waals surface area contributed by atoms with Crippen LogP contribution < -0.4 is 5.32 Å². The minimum Gasteiger partial charge on any atom is -0.465 e. The first-order chi connectivity index (χ1) is 11.5. The minimum absolute atomic E-state index is 0.00972. The predicted octanol–water partition coefficient (Wildman–Crippen LogP) is 2.87. The Morgan fingerprint density at radius 3 is 2.83 bits per heavy atom. The number of ether oxygens (including phenoxy) is 1. The molecule has 0 unspecified atom stereocenters. The fourth-order valence-corrected chi connectivity index (χ4v) is 5.42. The number of nitrogens with one attached hydrogen (secondary N) is 1. The maximum absolute atomic E-state index is 13.0. The number of esters is 1. The highest BCUT2D eigenvalue weighted by atomic mass is 16.5. The molecule has 0 bridgehead atoms. The molecule has 4 atom stereocenters. The first kappa shape index (κ1) is 15.5. The summed E-state index contributed by atoms with van der Waals surface area (Å²) >= 11 is 0. The summed E-state index contributed by atoms with van der Waals surface area (Å²) in [5.74, 6) is -0.173. The highest BCUT2D eigenvalue weighted by molar-refractivity contribution is 5.87. The van der Waals surface area contributed by atoms with Gasteiger partial charge in [-0.3, -0.25) is 4.79 Å². The number of carbonyl (C=O) groups is 2. The molecule has 128 valence electrons. The molecule has 0 spiro atoms. The van der Waals surface area contributed by atoms with Crippen LogP contribution in [0.1, 0.15) is 44.7 Å². The molecule has 1 N–H and O–H groups in total. The van der Waals surface area contributed by atoms with Crippen LogP contribution in [-0.2, 0) is 9.53 Å². The highest BCUT2D eigenvalue weighted by Crippen LogP contribution is 2.67. The van der Waals surface area contributed by atoms with Crippen molar-refractivity contribution in [2.24, 2.45) is 10.8 Å². The fourth-order valence-electron chi connectivity index (χ4n) is 5.42. The normalized spacial score (nSPS) is 37.1. The Kier molecular flexibility index (Phi) is 3.37. The van der Waals surface area contributed by atoms with Gasteiger partial charge in [0.05, 0.1) is 18.7 Å². The molecule has 1 aromatic carbocycles. The topological polar surface area (TPSA) is 58.6 Å². The van der Waals surface area contributed by atoms with Gasteiger partial charge >= 0.3 is 12.0 Å². The molecular formula is C19H24N2O3. The lowest BCUT2D eigenvalue weighted by atomic mass is 9.43. The second kappa shape index (κ2) is 5.23. The molecule has 3 aliphatic rings. The van der Waals surface area contributed by atoms with Crippen molar-refractivity contribution in [1.82, 2.24) is 10.2 Å². The smallest absolute Gasteiger partial charge is 0.318 e. The van der Waals surface area contributed by atoms with Gasteiger partial charge in [-0.2, -0.15) is 0 Å². The summed E-state index contributed by atoms with van der Waals surface area (Å²) in [6.45, 7) is 5.13. The third-order valence-electron chi connectivity index (χ3n) is 6.14. The van der Waals surface area contributed by atoms with E-state index in [9.17, 15) is 9.59 Å². The van der Waals surface area contributed by atoms with E-state index in [-0.39, 0.29) is 29.5 Å². The average molecular weight is 328 g/mol. The Morgan fingerprint density at radius 1 is 1.38 bits per heavy atom. The maximum atomic E-state index is 13.0. The molecule has 2 saturated heterocycles. The van der Waals surface area contributed by atoms with Crippen LogP contribution in [0.3, 0.4) is 0 Å². The van der Waals surface area contributed by atoms with Gasteiger partial charge in [-0.1, -0.05) is 37.3 Å². The number of carbonyl (C=O) groups excluding carboxylic acids is 2. The standard InChI is InChI=1S/C19H24N2O3/c1-3-24-16(22)19-12-18(2)10-7-11-21(15(18)19)17(23)20-14(19)13-8-5-4-6-9-13/h4-6,8-9,14-15H,3,7,10-12H2,1-2H3,(H,20,23)/t14-,15+,18+,19-/m1/s1. The second-order valence-corrected chi connectivity index (χ2v) is 7.58. The Hall–Kier alpha value is -2.04. The molecular weight excluding hydrogens is 304 g/mol. The first-order valence-electron chi connectivity index (χ1n) is 8.82. The molecule has 2 amide bonds. The number of urea groups is 1. The molecule has 2 heterocycles. The van der Waals surface area contributed by atoms with E-state index >= 15 is 0 Å². The zero-order chi connectivity index (χ0) is 16.9. The van der Waals surface area contributed by atoms with Crippen LogP contribution in [0, 0.1) is 10.8 Å². The van der Waals surface area contributed by atoms with E-state index in [4.69, 9.17) is 4.74 Å². The Morgan fingerprint density at radius 2 is 2.12 bits per heavy atom. The quantitative estimate of drug-likeness (QED) is 0.868. The lowest BCUT2D eigenvalue weighted by Gasteiger charge is -2.69. The lowest BCUT2D eigenvalue weighted by Crippen LogP contribution is -2.80. The van der Waals surface area contributed by atoms with E-state index in [0.29, 0.717) is 6.61 Å². The van der Waals surface area contributed by atoms with Gasteiger partial charge in [0.2, 0.25) is 0 Å². The van der Waals surface area contributed by atoms with Gasteiger partial charge in [-0.15, -0.1) is 0 Å². The van der Waals surface area contributed by atoms with Gasteiger partial charge in [0, 0.05) is 6.54 Å². The van der Waals surface area contributed by atoms with Crippen molar-refractivity contribution in [3.8, 4) is 0 Å². The zero-order valence-corrected chi connectivity index (χ0v) is 14.2. The van der Waals surface area contributed by atoms with Gasteiger partial charge in [-0.25, -0.2) is 4.79 Å². The molecule has 1 aromatic rings. The number of amides is 2. The first-order valence-corrected chi connectivity index (χ1v) is 8.82. The molecule has 0 aromatic heterocycles. The molecule has 4 rings (SSSR count). The van der Waals surface area contributed by atoms with Gasteiger partial charge < -0.3 is 15.0 Å². The van der Waals surface area contributed by atoms with Crippen molar-refractivity contribution < 1.29 is 14.3 Å². The number of nitrogens with zero attached hydrogens (tertiary/aromatic N) is 1. The van der Waals surface area contributed by atoms with Crippen LogP contribution >= 0.6 is 0 Å². The lowest BCUT2D eigenvalue weighted by molar-refractivity contribution is -0.213. The van der Waals surface area contributed by atoms with E-state index in [2.05, 4.69) is 12.2 Å². The summed E-state index contributed by atoms with van der Waals surface area (Å²) < 4.78 is 5.49. The van der Waals surface area contributed by atoms with E-state index in [1.807, 2.05) is 42.2 Å². The van der Waals surface area contributed by atoms with Crippen LogP contribution in [-0.4, -0.2) is 36.1 Å². The Balaban J connectivity index is 1.82. The summed E-state index contributed by atoms with van der Waals surface area (Å²) in [4.78, 5) is 27.6. The predicted molar refractivity (Wildman–Crippen MR) is 89.2 cm³/mol. The average Bonchev–Trinajstić information content (AvgIpc) is 2.56. The number of piperidine rings is 1. The highest BCUT2D eigenvalue weighted by Gasteiger charge is 2.74. The van der Waals surface area contributed by atoms with Crippen molar-refractivity contribution in [2.75, 3.05) is 13.2 Å². The van der Waals surface area contributed by atoms with Gasteiger partial charge in [0.15, 0.2) is 0 Å². The molecule has 2 aliphatic heterocycles. The number of hydrogen-bond acceptors (Lipinski definition) is 3. The Bertz CT molecular complexity index is 676.